The van der Waals surface area contributed by atoms with Gasteiger partial charge in [0, 0.05) is 20.1 Å². The van der Waals surface area contributed by atoms with Gasteiger partial charge in [-0.25, -0.2) is 14.2 Å². The van der Waals surface area contributed by atoms with Gasteiger partial charge in [0.1, 0.15) is 11.5 Å². The number of esters is 1. The fourth-order valence-corrected chi connectivity index (χ4v) is 3.87. The molecule has 1 heterocycles. The number of nitrogens with zero attached hydrogens (tertiary/aromatic N) is 1. The van der Waals surface area contributed by atoms with E-state index in [9.17, 15) is 9.18 Å². The lowest BCUT2D eigenvalue weighted by Crippen LogP contribution is -2.22. The molecule has 0 radical (unpaired) electrons. The van der Waals surface area contributed by atoms with E-state index in [0.717, 1.165) is 0 Å². The Bertz CT molecular complexity index is 1000. The van der Waals surface area contributed by atoms with Gasteiger partial charge in [-0.3, -0.25) is 0 Å². The van der Waals surface area contributed by atoms with Crippen LogP contribution in [0.3, 0.4) is 0 Å². The first-order valence-corrected chi connectivity index (χ1v) is 9.42. The Morgan fingerprint density at radius 3 is 2.52 bits per heavy atom. The number of hydrogen-bond acceptors (Lipinski definition) is 3. The Morgan fingerprint density at radius 2 is 1.89 bits per heavy atom. The van der Waals surface area contributed by atoms with Gasteiger partial charge in [0.05, 0.1) is 11.6 Å². The highest BCUT2D eigenvalue weighted by molar-refractivity contribution is 9.10. The molecular formula is C19H14BrCl2FN2O2. The van der Waals surface area contributed by atoms with Crippen molar-refractivity contribution in [2.45, 2.75) is 19.3 Å². The van der Waals surface area contributed by atoms with Gasteiger partial charge < -0.3 is 9.72 Å². The summed E-state index contributed by atoms with van der Waals surface area (Å²) in [4.78, 5) is 19.5. The van der Waals surface area contributed by atoms with Crippen LogP contribution < -0.4 is 4.74 Å². The van der Waals surface area contributed by atoms with Crippen molar-refractivity contribution in [3.8, 4) is 5.75 Å². The van der Waals surface area contributed by atoms with Crippen molar-refractivity contribution in [3.63, 3.8) is 0 Å². The van der Waals surface area contributed by atoms with Crippen LogP contribution in [-0.4, -0.2) is 15.9 Å². The minimum Gasteiger partial charge on any atom is -0.419 e. The molecule has 0 atom stereocenters. The van der Waals surface area contributed by atoms with Crippen molar-refractivity contribution in [2.75, 3.05) is 0 Å². The van der Waals surface area contributed by atoms with Crippen LogP contribution in [0.4, 0.5) is 4.39 Å². The van der Waals surface area contributed by atoms with Crippen molar-refractivity contribution in [1.82, 2.24) is 9.97 Å². The molecule has 0 amide bonds. The minimum absolute atomic E-state index is 0.0866. The maximum atomic E-state index is 13.9. The molecule has 0 saturated carbocycles. The molecule has 0 aliphatic heterocycles. The Kier molecular flexibility index (Phi) is 5.60. The zero-order valence-corrected chi connectivity index (χ0v) is 17.4. The summed E-state index contributed by atoms with van der Waals surface area (Å²) in [5.74, 6) is -1.11. The van der Waals surface area contributed by atoms with Crippen molar-refractivity contribution >= 4 is 45.1 Å². The third-order valence-electron chi connectivity index (χ3n) is 4.07. The molecule has 27 heavy (non-hydrogen) atoms. The third kappa shape index (κ3) is 4.03. The van der Waals surface area contributed by atoms with E-state index in [4.69, 9.17) is 27.9 Å². The molecule has 1 N–H and O–H groups in total. The van der Waals surface area contributed by atoms with Gasteiger partial charge in [0.2, 0.25) is 0 Å². The number of halogens is 4. The third-order valence-corrected chi connectivity index (χ3v) is 5.20. The van der Waals surface area contributed by atoms with E-state index in [2.05, 4.69) is 25.9 Å². The number of nitrogens with one attached hydrogen (secondary N) is 1. The highest BCUT2D eigenvalue weighted by Crippen LogP contribution is 2.39. The van der Waals surface area contributed by atoms with E-state index in [1.54, 1.807) is 24.3 Å². The molecule has 0 saturated heterocycles. The van der Waals surface area contributed by atoms with Crippen LogP contribution in [0.5, 0.6) is 5.75 Å². The standard InChI is InChI=1S/C19H14BrCl2FN2O2/c1-19(2,16-11(21)4-3-5-12(16)22)18-24-9-14(25-18)17(26)27-15-7-6-10(20)8-13(15)23/h3-9H,1-2H3,(H,24,25). The fourth-order valence-electron chi connectivity index (χ4n) is 2.67. The van der Waals surface area contributed by atoms with Crippen LogP contribution in [0, 0.1) is 5.82 Å². The maximum Gasteiger partial charge on any atom is 0.361 e. The average Bonchev–Trinajstić information content (AvgIpc) is 3.08. The second-order valence-electron chi connectivity index (χ2n) is 6.33. The van der Waals surface area contributed by atoms with Crippen molar-refractivity contribution in [2.24, 2.45) is 0 Å². The summed E-state index contributed by atoms with van der Waals surface area (Å²) in [7, 11) is 0. The van der Waals surface area contributed by atoms with E-state index < -0.39 is 17.2 Å². The lowest BCUT2D eigenvalue weighted by Gasteiger charge is -2.25. The zero-order valence-electron chi connectivity index (χ0n) is 14.3. The predicted molar refractivity (Wildman–Crippen MR) is 106 cm³/mol. The second kappa shape index (κ2) is 7.62. The molecule has 3 aromatic rings. The molecule has 4 nitrogen and oxygen atoms in total. The fraction of sp³-hybridized carbons (Fsp3) is 0.158. The smallest absolute Gasteiger partial charge is 0.361 e. The molecule has 2 aromatic carbocycles. The van der Waals surface area contributed by atoms with Crippen LogP contribution in [0.2, 0.25) is 10.0 Å². The van der Waals surface area contributed by atoms with Gasteiger partial charge >= 0.3 is 5.97 Å². The monoisotopic (exact) mass is 470 g/mol. The largest absolute Gasteiger partial charge is 0.419 e. The molecule has 140 valence electrons. The molecule has 0 aliphatic rings. The summed E-state index contributed by atoms with van der Waals surface area (Å²) in [6.07, 6.45) is 1.33. The molecule has 0 unspecified atom stereocenters. The maximum absolute atomic E-state index is 13.9. The van der Waals surface area contributed by atoms with Crippen LogP contribution in [0.25, 0.3) is 0 Å². The van der Waals surface area contributed by atoms with Gasteiger partial charge in [-0.15, -0.1) is 0 Å². The Balaban J connectivity index is 1.88. The SMILES string of the molecule is CC(C)(c1ncc(C(=O)Oc2ccc(Br)cc2F)[nH]1)c1c(Cl)cccc1Cl. The Morgan fingerprint density at radius 1 is 1.22 bits per heavy atom. The number of aromatic amines is 1. The number of H-pyrrole nitrogens is 1. The lowest BCUT2D eigenvalue weighted by atomic mass is 9.83. The summed E-state index contributed by atoms with van der Waals surface area (Å²) in [6.45, 7) is 3.75. The van der Waals surface area contributed by atoms with Gasteiger partial charge in [-0.2, -0.15) is 0 Å². The van der Waals surface area contributed by atoms with Crippen molar-refractivity contribution < 1.29 is 13.9 Å². The summed E-state index contributed by atoms with van der Waals surface area (Å²) >= 11 is 15.8. The number of benzene rings is 2. The molecule has 0 spiro atoms. The van der Waals surface area contributed by atoms with Gasteiger partial charge in [0.15, 0.2) is 11.6 Å². The Hall–Kier alpha value is -1.89. The topological polar surface area (TPSA) is 55.0 Å². The number of imidazole rings is 1. The Labute approximate surface area is 173 Å². The normalized spacial score (nSPS) is 11.5. The first-order chi connectivity index (χ1) is 12.7. The molecule has 0 bridgehead atoms. The van der Waals surface area contributed by atoms with Crippen LogP contribution in [0.15, 0.2) is 47.1 Å². The molecule has 8 heteroatoms. The number of hydrogen-bond donors (Lipinski definition) is 1. The van der Waals surface area contributed by atoms with Gasteiger partial charge in [-0.1, -0.05) is 45.2 Å². The highest BCUT2D eigenvalue weighted by Gasteiger charge is 2.31. The number of ether oxygens (including phenoxy) is 1. The first kappa shape index (κ1) is 19.9. The lowest BCUT2D eigenvalue weighted by molar-refractivity contribution is 0.0722. The number of aromatic nitrogens is 2. The summed E-state index contributed by atoms with van der Waals surface area (Å²) in [5, 5.41) is 0.981. The number of carbonyl (C=O) groups excluding carboxylic acids is 1. The van der Waals surface area contributed by atoms with Crippen LogP contribution in [0.1, 0.15) is 35.7 Å². The van der Waals surface area contributed by atoms with E-state index in [0.29, 0.717) is 25.9 Å². The highest BCUT2D eigenvalue weighted by atomic mass is 79.9. The summed E-state index contributed by atoms with van der Waals surface area (Å²) in [5.41, 5.74) is 0.0710. The van der Waals surface area contributed by atoms with E-state index in [1.165, 1.54) is 18.3 Å². The number of rotatable bonds is 4. The van der Waals surface area contributed by atoms with Gasteiger partial charge in [-0.05, 0) is 44.2 Å². The van der Waals surface area contributed by atoms with E-state index >= 15 is 0 Å². The van der Waals surface area contributed by atoms with Gasteiger partial charge in [0.25, 0.3) is 0 Å². The average molecular weight is 472 g/mol. The first-order valence-electron chi connectivity index (χ1n) is 7.87. The summed E-state index contributed by atoms with van der Waals surface area (Å²) < 4.78 is 19.5. The molecule has 3 rings (SSSR count). The van der Waals surface area contributed by atoms with E-state index in [-0.39, 0.29) is 11.4 Å². The minimum atomic E-state index is -0.754. The zero-order chi connectivity index (χ0) is 19.8. The predicted octanol–water partition coefficient (Wildman–Crippen LogP) is 6.16. The molecule has 1 aromatic heterocycles. The summed E-state index contributed by atoms with van der Waals surface area (Å²) in [6, 6.07) is 9.37. The molecule has 0 fully saturated rings. The van der Waals surface area contributed by atoms with Crippen LogP contribution in [-0.2, 0) is 5.41 Å². The second-order valence-corrected chi connectivity index (χ2v) is 8.06. The molecule has 0 aliphatic carbocycles. The van der Waals surface area contributed by atoms with Crippen molar-refractivity contribution in [3.05, 3.63) is 80.0 Å². The van der Waals surface area contributed by atoms with Crippen LogP contribution >= 0.6 is 39.1 Å². The van der Waals surface area contributed by atoms with Crippen molar-refractivity contribution in [1.29, 1.82) is 0 Å². The quantitative estimate of drug-likeness (QED) is 0.366. The number of carbonyl (C=O) groups is 1. The van der Waals surface area contributed by atoms with E-state index in [1.807, 2.05) is 13.8 Å². The molecular weight excluding hydrogens is 458 g/mol.